The van der Waals surface area contributed by atoms with Crippen molar-refractivity contribution in [1.82, 2.24) is 4.98 Å². The lowest BCUT2D eigenvalue weighted by Gasteiger charge is -2.07. The summed E-state index contributed by atoms with van der Waals surface area (Å²) in [6, 6.07) is 2.88. The van der Waals surface area contributed by atoms with E-state index in [1.54, 1.807) is 6.07 Å². The van der Waals surface area contributed by atoms with Gasteiger partial charge in [0.15, 0.2) is 0 Å². The van der Waals surface area contributed by atoms with Gasteiger partial charge < -0.3 is 5.73 Å². The summed E-state index contributed by atoms with van der Waals surface area (Å²) in [5.41, 5.74) is 3.74. The first-order valence-corrected chi connectivity index (χ1v) is 3.97. The first-order valence-electron chi connectivity index (χ1n) is 3.97. The number of alkyl halides is 2. The standard InChI is InChI=1S/C9H7F2N3O/c1-4-2-5(3-12)6(9(13)15)7(14-4)8(10)11/h2,8H,1H3,(H2,13,15). The van der Waals surface area contributed by atoms with E-state index in [1.165, 1.54) is 13.0 Å². The molecular formula is C9H7F2N3O. The van der Waals surface area contributed by atoms with Crippen LogP contribution in [0.4, 0.5) is 8.78 Å². The van der Waals surface area contributed by atoms with Gasteiger partial charge in [-0.1, -0.05) is 0 Å². The molecule has 0 aliphatic heterocycles. The van der Waals surface area contributed by atoms with Crippen molar-refractivity contribution < 1.29 is 13.6 Å². The van der Waals surface area contributed by atoms with Gasteiger partial charge in [0, 0.05) is 5.69 Å². The van der Waals surface area contributed by atoms with Gasteiger partial charge in [-0.25, -0.2) is 8.78 Å². The third-order valence-electron chi connectivity index (χ3n) is 1.75. The Balaban J connectivity index is 3.56. The molecule has 0 spiro atoms. The average Bonchev–Trinajstić information content (AvgIpc) is 2.15. The molecule has 0 unspecified atom stereocenters. The van der Waals surface area contributed by atoms with Crippen LogP contribution in [0.1, 0.15) is 33.7 Å². The van der Waals surface area contributed by atoms with E-state index in [0.717, 1.165) is 0 Å². The van der Waals surface area contributed by atoms with Crippen molar-refractivity contribution in [2.24, 2.45) is 5.73 Å². The zero-order chi connectivity index (χ0) is 11.6. The number of aryl methyl sites for hydroxylation is 1. The second kappa shape index (κ2) is 4.00. The summed E-state index contributed by atoms with van der Waals surface area (Å²) in [5, 5.41) is 8.67. The molecule has 15 heavy (non-hydrogen) atoms. The monoisotopic (exact) mass is 211 g/mol. The zero-order valence-electron chi connectivity index (χ0n) is 7.79. The van der Waals surface area contributed by atoms with Gasteiger partial charge in [0.05, 0.1) is 11.1 Å². The molecule has 1 aromatic heterocycles. The summed E-state index contributed by atoms with van der Waals surface area (Å²) < 4.78 is 25.0. The third-order valence-corrected chi connectivity index (χ3v) is 1.75. The van der Waals surface area contributed by atoms with E-state index in [4.69, 9.17) is 11.0 Å². The number of nitrogens with two attached hydrogens (primary N) is 1. The van der Waals surface area contributed by atoms with Gasteiger partial charge in [0.2, 0.25) is 0 Å². The molecule has 1 rings (SSSR count). The fraction of sp³-hybridized carbons (Fsp3) is 0.222. The summed E-state index contributed by atoms with van der Waals surface area (Å²) in [6.45, 7) is 1.46. The lowest BCUT2D eigenvalue weighted by atomic mass is 10.1. The van der Waals surface area contributed by atoms with Crippen molar-refractivity contribution in [1.29, 1.82) is 5.26 Å². The maximum atomic E-state index is 12.5. The number of carbonyl (C=O) groups excluding carboxylic acids is 1. The largest absolute Gasteiger partial charge is 0.365 e. The minimum atomic E-state index is -2.93. The van der Waals surface area contributed by atoms with Crippen LogP contribution in [0, 0.1) is 18.3 Å². The highest BCUT2D eigenvalue weighted by atomic mass is 19.3. The smallest absolute Gasteiger partial charge is 0.281 e. The number of hydrogen-bond acceptors (Lipinski definition) is 3. The number of nitriles is 1. The fourth-order valence-corrected chi connectivity index (χ4v) is 1.20. The molecule has 0 saturated heterocycles. The van der Waals surface area contributed by atoms with Crippen molar-refractivity contribution >= 4 is 5.91 Å². The highest BCUT2D eigenvalue weighted by molar-refractivity contribution is 5.96. The predicted molar refractivity (Wildman–Crippen MR) is 47.2 cm³/mol. The Kier molecular flexibility index (Phi) is 2.95. The molecule has 1 amide bonds. The topological polar surface area (TPSA) is 79.8 Å². The predicted octanol–water partition coefficient (Wildman–Crippen LogP) is 1.30. The Morgan fingerprint density at radius 2 is 2.27 bits per heavy atom. The van der Waals surface area contributed by atoms with Crippen LogP contribution in [0.25, 0.3) is 0 Å². The molecule has 1 aromatic rings. The molecule has 6 heteroatoms. The number of rotatable bonds is 2. The van der Waals surface area contributed by atoms with Gasteiger partial charge in [-0.05, 0) is 13.0 Å². The zero-order valence-corrected chi connectivity index (χ0v) is 7.79. The van der Waals surface area contributed by atoms with Gasteiger partial charge in [-0.15, -0.1) is 0 Å². The van der Waals surface area contributed by atoms with Gasteiger partial charge in [0.1, 0.15) is 11.8 Å². The van der Waals surface area contributed by atoms with Crippen LogP contribution in [0.5, 0.6) is 0 Å². The molecule has 0 radical (unpaired) electrons. The van der Waals surface area contributed by atoms with Crippen molar-refractivity contribution in [3.05, 3.63) is 28.6 Å². The van der Waals surface area contributed by atoms with Crippen molar-refractivity contribution in [3.8, 4) is 6.07 Å². The van der Waals surface area contributed by atoms with Crippen LogP contribution in [-0.4, -0.2) is 10.9 Å². The molecule has 4 nitrogen and oxygen atoms in total. The third kappa shape index (κ3) is 2.07. The number of aromatic nitrogens is 1. The van der Waals surface area contributed by atoms with E-state index in [1.807, 2.05) is 0 Å². The van der Waals surface area contributed by atoms with Crippen molar-refractivity contribution in [2.45, 2.75) is 13.3 Å². The molecule has 1 heterocycles. The Labute approximate surface area is 84.3 Å². The van der Waals surface area contributed by atoms with E-state index in [-0.39, 0.29) is 11.3 Å². The van der Waals surface area contributed by atoms with E-state index >= 15 is 0 Å². The van der Waals surface area contributed by atoms with Crippen LogP contribution in [-0.2, 0) is 0 Å². The summed E-state index contributed by atoms with van der Waals surface area (Å²) in [5.74, 6) is -1.07. The number of halogens is 2. The van der Waals surface area contributed by atoms with Crippen molar-refractivity contribution in [3.63, 3.8) is 0 Å². The molecule has 0 atom stereocenters. The van der Waals surface area contributed by atoms with Crippen LogP contribution in [0.3, 0.4) is 0 Å². The number of carbonyl (C=O) groups is 1. The fourth-order valence-electron chi connectivity index (χ4n) is 1.20. The lowest BCUT2D eigenvalue weighted by Crippen LogP contribution is -2.17. The van der Waals surface area contributed by atoms with Gasteiger partial charge in [-0.2, -0.15) is 5.26 Å². The van der Waals surface area contributed by atoms with E-state index in [9.17, 15) is 13.6 Å². The molecule has 2 N–H and O–H groups in total. The van der Waals surface area contributed by atoms with Crippen LogP contribution < -0.4 is 5.73 Å². The normalized spacial score (nSPS) is 10.1. The summed E-state index contributed by atoms with van der Waals surface area (Å²) in [7, 11) is 0. The minimum Gasteiger partial charge on any atom is -0.365 e. The van der Waals surface area contributed by atoms with E-state index in [0.29, 0.717) is 0 Å². The maximum Gasteiger partial charge on any atom is 0.281 e. The quantitative estimate of drug-likeness (QED) is 0.800. The molecule has 0 aliphatic rings. The Morgan fingerprint density at radius 1 is 1.67 bits per heavy atom. The number of pyridine rings is 1. The second-order valence-electron chi connectivity index (χ2n) is 2.85. The highest BCUT2D eigenvalue weighted by Gasteiger charge is 2.22. The Hall–Kier alpha value is -2.03. The molecule has 0 bridgehead atoms. The Morgan fingerprint density at radius 3 is 2.67 bits per heavy atom. The lowest BCUT2D eigenvalue weighted by molar-refractivity contribution is 0.0982. The van der Waals surface area contributed by atoms with Gasteiger partial charge >= 0.3 is 0 Å². The molecular weight excluding hydrogens is 204 g/mol. The molecule has 0 saturated carbocycles. The van der Waals surface area contributed by atoms with E-state index in [2.05, 4.69) is 4.98 Å². The Bertz CT molecular complexity index is 451. The number of nitrogens with zero attached hydrogens (tertiary/aromatic N) is 2. The average molecular weight is 211 g/mol. The number of hydrogen-bond donors (Lipinski definition) is 1. The van der Waals surface area contributed by atoms with Gasteiger partial charge in [0.25, 0.3) is 12.3 Å². The number of amides is 1. The molecule has 78 valence electrons. The molecule has 0 aromatic carbocycles. The minimum absolute atomic E-state index is 0.176. The molecule has 0 aliphatic carbocycles. The summed E-state index contributed by atoms with van der Waals surface area (Å²) in [4.78, 5) is 14.4. The molecule has 0 fully saturated rings. The first-order chi connectivity index (χ1) is 6.97. The van der Waals surface area contributed by atoms with Crippen LogP contribution >= 0.6 is 0 Å². The summed E-state index contributed by atoms with van der Waals surface area (Å²) in [6.07, 6.45) is -2.93. The SMILES string of the molecule is Cc1cc(C#N)c(C(N)=O)c(C(F)F)n1. The van der Waals surface area contributed by atoms with Crippen LogP contribution in [0.2, 0.25) is 0 Å². The van der Waals surface area contributed by atoms with Crippen molar-refractivity contribution in [2.75, 3.05) is 0 Å². The highest BCUT2D eigenvalue weighted by Crippen LogP contribution is 2.23. The maximum absolute atomic E-state index is 12.5. The van der Waals surface area contributed by atoms with Gasteiger partial charge in [-0.3, -0.25) is 9.78 Å². The van der Waals surface area contributed by atoms with Crippen LogP contribution in [0.15, 0.2) is 6.07 Å². The van der Waals surface area contributed by atoms with E-state index < -0.39 is 23.6 Å². The second-order valence-corrected chi connectivity index (χ2v) is 2.85. The number of primary amides is 1. The first kappa shape index (κ1) is 11.0. The summed E-state index contributed by atoms with van der Waals surface area (Å²) >= 11 is 0.